The average molecular weight is 457 g/mol. The van der Waals surface area contributed by atoms with E-state index in [-0.39, 0.29) is 11.3 Å². The number of nitrogens with two attached hydrogens (primary N) is 1. The third-order valence-corrected chi connectivity index (χ3v) is 8.49. The number of carbonyl (C=O) groups is 1. The van der Waals surface area contributed by atoms with Crippen molar-refractivity contribution in [1.82, 2.24) is 14.7 Å². The fraction of sp³-hybridized carbons (Fsp3) is 0.654. The maximum atomic E-state index is 12.9. The summed E-state index contributed by atoms with van der Waals surface area (Å²) in [6, 6.07) is 9.73. The molecular weight excluding hydrogens is 416 g/mol. The SMILES string of the molecule is CC(C)(C)c1ccc(CSC2=C(N)CCN(CC(=O)N3CCN(C4CCC4)CC3)C2)cc1. The van der Waals surface area contributed by atoms with Crippen LogP contribution in [0.15, 0.2) is 34.9 Å². The first-order valence-electron chi connectivity index (χ1n) is 12.2. The second-order valence-corrected chi connectivity index (χ2v) is 11.7. The predicted molar refractivity (Wildman–Crippen MR) is 134 cm³/mol. The normalized spacial score (nSPS) is 21.7. The Balaban J connectivity index is 1.24. The summed E-state index contributed by atoms with van der Waals surface area (Å²) in [5.41, 5.74) is 10.2. The van der Waals surface area contributed by atoms with Gasteiger partial charge in [0.15, 0.2) is 0 Å². The number of rotatable bonds is 6. The zero-order valence-corrected chi connectivity index (χ0v) is 20.9. The van der Waals surface area contributed by atoms with Gasteiger partial charge in [-0.25, -0.2) is 0 Å². The Morgan fingerprint density at radius 1 is 1.06 bits per heavy atom. The molecule has 1 saturated carbocycles. The van der Waals surface area contributed by atoms with Crippen LogP contribution in [0.25, 0.3) is 0 Å². The average Bonchev–Trinajstić information content (AvgIpc) is 2.73. The molecule has 1 aromatic carbocycles. The van der Waals surface area contributed by atoms with Gasteiger partial charge < -0.3 is 10.6 Å². The van der Waals surface area contributed by atoms with Crippen LogP contribution in [0.4, 0.5) is 0 Å². The summed E-state index contributed by atoms with van der Waals surface area (Å²) in [6.45, 7) is 12.8. The van der Waals surface area contributed by atoms with Crippen LogP contribution >= 0.6 is 11.8 Å². The molecule has 176 valence electrons. The lowest BCUT2D eigenvalue weighted by Crippen LogP contribution is -2.55. The molecule has 4 rings (SSSR count). The molecule has 2 N–H and O–H groups in total. The van der Waals surface area contributed by atoms with Crippen LogP contribution in [0.3, 0.4) is 0 Å². The summed E-state index contributed by atoms with van der Waals surface area (Å²) in [7, 11) is 0. The highest BCUT2D eigenvalue weighted by Gasteiger charge is 2.30. The summed E-state index contributed by atoms with van der Waals surface area (Å²) in [6.07, 6.45) is 4.92. The number of carbonyl (C=O) groups excluding carboxylic acids is 1. The fourth-order valence-corrected chi connectivity index (χ4v) is 5.82. The van der Waals surface area contributed by atoms with Crippen molar-refractivity contribution in [2.75, 3.05) is 45.8 Å². The Labute approximate surface area is 198 Å². The van der Waals surface area contributed by atoms with Crippen LogP contribution in [0.5, 0.6) is 0 Å². The maximum absolute atomic E-state index is 12.9. The first-order valence-corrected chi connectivity index (χ1v) is 13.2. The van der Waals surface area contributed by atoms with Crippen molar-refractivity contribution >= 4 is 17.7 Å². The number of amides is 1. The van der Waals surface area contributed by atoms with Gasteiger partial charge in [-0.1, -0.05) is 51.5 Å². The zero-order chi connectivity index (χ0) is 22.7. The number of benzene rings is 1. The van der Waals surface area contributed by atoms with Crippen LogP contribution in [-0.4, -0.2) is 72.5 Å². The molecule has 0 unspecified atom stereocenters. The lowest BCUT2D eigenvalue weighted by Gasteiger charge is -2.43. The smallest absolute Gasteiger partial charge is 0.236 e. The van der Waals surface area contributed by atoms with Gasteiger partial charge in [-0.05, 0) is 29.4 Å². The number of nitrogens with zero attached hydrogens (tertiary/aromatic N) is 3. The Morgan fingerprint density at radius 2 is 1.75 bits per heavy atom. The van der Waals surface area contributed by atoms with E-state index in [9.17, 15) is 4.79 Å². The lowest BCUT2D eigenvalue weighted by atomic mass is 9.87. The standard InChI is InChI=1S/C26H40N4OS/c1-26(2,3)21-9-7-20(8-10-21)19-32-24-17-28(12-11-23(24)27)18-25(31)30-15-13-29(14-16-30)22-5-4-6-22/h7-10,22H,4-6,11-19,27H2,1-3H3. The van der Waals surface area contributed by atoms with Gasteiger partial charge in [-0.2, -0.15) is 0 Å². The number of thioether (sulfide) groups is 1. The predicted octanol–water partition coefficient (Wildman–Crippen LogP) is 3.79. The third kappa shape index (κ3) is 5.89. The molecule has 0 spiro atoms. The quantitative estimate of drug-likeness (QED) is 0.706. The van der Waals surface area contributed by atoms with E-state index >= 15 is 0 Å². The van der Waals surface area contributed by atoms with E-state index in [0.717, 1.165) is 63.2 Å². The number of hydrogen-bond donors (Lipinski definition) is 1. The molecule has 1 aromatic rings. The van der Waals surface area contributed by atoms with Crippen LogP contribution in [0.2, 0.25) is 0 Å². The van der Waals surface area contributed by atoms with Crippen LogP contribution in [0, 0.1) is 0 Å². The van der Waals surface area contributed by atoms with Gasteiger partial charge in [0.05, 0.1) is 6.54 Å². The van der Waals surface area contributed by atoms with Crippen molar-refractivity contribution in [1.29, 1.82) is 0 Å². The first-order chi connectivity index (χ1) is 15.3. The second kappa shape index (κ2) is 10.2. The number of hydrogen-bond acceptors (Lipinski definition) is 5. The zero-order valence-electron chi connectivity index (χ0n) is 20.1. The van der Waals surface area contributed by atoms with E-state index in [0.29, 0.717) is 6.54 Å². The Morgan fingerprint density at radius 3 is 2.34 bits per heavy atom. The Kier molecular flexibility index (Phi) is 7.53. The highest BCUT2D eigenvalue weighted by molar-refractivity contribution is 8.02. The van der Waals surface area contributed by atoms with E-state index in [1.165, 1.54) is 35.3 Å². The fourth-order valence-electron chi connectivity index (χ4n) is 4.73. The van der Waals surface area contributed by atoms with Gasteiger partial charge in [0.25, 0.3) is 0 Å². The molecule has 0 bridgehead atoms. The maximum Gasteiger partial charge on any atom is 0.236 e. The Hall–Kier alpha value is -1.50. The monoisotopic (exact) mass is 456 g/mol. The molecule has 0 aromatic heterocycles. The molecule has 6 heteroatoms. The van der Waals surface area contributed by atoms with E-state index in [1.54, 1.807) is 0 Å². The topological polar surface area (TPSA) is 52.8 Å². The largest absolute Gasteiger partial charge is 0.401 e. The summed E-state index contributed by atoms with van der Waals surface area (Å²) >= 11 is 1.83. The van der Waals surface area contributed by atoms with E-state index in [4.69, 9.17) is 5.73 Å². The van der Waals surface area contributed by atoms with Gasteiger partial charge in [0.1, 0.15) is 0 Å². The summed E-state index contributed by atoms with van der Waals surface area (Å²) in [5.74, 6) is 1.20. The van der Waals surface area contributed by atoms with Gasteiger partial charge in [0.2, 0.25) is 5.91 Å². The molecule has 2 heterocycles. The van der Waals surface area contributed by atoms with Crippen LogP contribution < -0.4 is 5.73 Å². The van der Waals surface area contributed by atoms with E-state index < -0.39 is 0 Å². The molecule has 32 heavy (non-hydrogen) atoms. The van der Waals surface area contributed by atoms with Gasteiger partial charge in [-0.15, -0.1) is 11.8 Å². The molecular formula is C26H40N4OS. The van der Waals surface area contributed by atoms with Gasteiger partial charge in [-0.3, -0.25) is 14.6 Å². The summed E-state index contributed by atoms with van der Waals surface area (Å²) in [5, 5.41) is 0. The molecule has 2 fully saturated rings. The molecule has 1 saturated heterocycles. The van der Waals surface area contributed by atoms with Gasteiger partial charge >= 0.3 is 0 Å². The van der Waals surface area contributed by atoms with Crippen molar-refractivity contribution in [2.45, 2.75) is 63.7 Å². The molecule has 0 atom stereocenters. The van der Waals surface area contributed by atoms with Crippen LogP contribution in [-0.2, 0) is 16.0 Å². The van der Waals surface area contributed by atoms with Crippen molar-refractivity contribution in [3.05, 3.63) is 46.0 Å². The lowest BCUT2D eigenvalue weighted by molar-refractivity contribution is -0.134. The first kappa shape index (κ1) is 23.7. The van der Waals surface area contributed by atoms with Crippen molar-refractivity contribution in [3.8, 4) is 0 Å². The third-order valence-electron chi connectivity index (χ3n) is 7.27. The molecule has 3 aliphatic rings. The molecule has 5 nitrogen and oxygen atoms in total. The second-order valence-electron chi connectivity index (χ2n) is 10.6. The van der Waals surface area contributed by atoms with Crippen molar-refractivity contribution in [2.24, 2.45) is 5.73 Å². The molecule has 1 amide bonds. The summed E-state index contributed by atoms with van der Waals surface area (Å²) < 4.78 is 0. The molecule has 0 radical (unpaired) electrons. The van der Waals surface area contributed by atoms with Gasteiger partial charge in [0, 0.05) is 68.1 Å². The van der Waals surface area contributed by atoms with Crippen molar-refractivity contribution in [3.63, 3.8) is 0 Å². The minimum Gasteiger partial charge on any atom is -0.401 e. The van der Waals surface area contributed by atoms with E-state index in [1.807, 2.05) is 11.8 Å². The highest BCUT2D eigenvalue weighted by atomic mass is 32.2. The van der Waals surface area contributed by atoms with E-state index in [2.05, 4.69) is 59.7 Å². The summed E-state index contributed by atoms with van der Waals surface area (Å²) in [4.78, 5) is 21.1. The molecule has 1 aliphatic carbocycles. The van der Waals surface area contributed by atoms with Crippen molar-refractivity contribution < 1.29 is 4.79 Å². The van der Waals surface area contributed by atoms with Crippen LogP contribution in [0.1, 0.15) is 57.6 Å². The number of piperazine rings is 1. The Bertz CT molecular complexity index is 817. The highest BCUT2D eigenvalue weighted by Crippen LogP contribution is 2.30. The minimum atomic E-state index is 0.179. The minimum absolute atomic E-state index is 0.179. The molecule has 2 aliphatic heterocycles.